The van der Waals surface area contributed by atoms with E-state index in [1.54, 1.807) is 0 Å². The summed E-state index contributed by atoms with van der Waals surface area (Å²) in [6, 6.07) is 9.59. The number of rotatable bonds is 5. The van der Waals surface area contributed by atoms with E-state index in [4.69, 9.17) is 5.14 Å². The minimum absolute atomic E-state index is 0.184. The van der Waals surface area contributed by atoms with Crippen molar-refractivity contribution >= 4 is 11.9 Å². The van der Waals surface area contributed by atoms with E-state index in [0.29, 0.717) is 6.42 Å². The zero-order valence-corrected chi connectivity index (χ0v) is 10.9. The molecule has 0 saturated heterocycles. The van der Waals surface area contributed by atoms with E-state index in [1.807, 2.05) is 37.3 Å². The highest BCUT2D eigenvalue weighted by Crippen LogP contribution is 2.31. The Hall–Kier alpha value is -0.980. The highest BCUT2D eigenvalue weighted by molar-refractivity contribution is 7.98. The summed E-state index contributed by atoms with van der Waals surface area (Å²) in [4.78, 5) is 0. The van der Waals surface area contributed by atoms with Crippen molar-refractivity contribution in [2.45, 2.75) is 37.6 Å². The second kappa shape index (κ2) is 7.37. The third kappa shape index (κ3) is 5.25. The van der Waals surface area contributed by atoms with Crippen molar-refractivity contribution in [3.05, 3.63) is 35.9 Å². The maximum atomic E-state index is 14.1. The maximum absolute atomic E-state index is 14.1. The molecule has 1 nitrogen and oxygen atoms in total. The van der Waals surface area contributed by atoms with Crippen LogP contribution in [-0.4, -0.2) is 5.00 Å². The molecule has 0 aliphatic rings. The molecule has 0 aliphatic heterocycles. The van der Waals surface area contributed by atoms with Crippen LogP contribution >= 0.6 is 11.9 Å². The Labute approximate surface area is 107 Å². The van der Waals surface area contributed by atoms with Crippen molar-refractivity contribution in [2.24, 2.45) is 5.14 Å². The van der Waals surface area contributed by atoms with Crippen LogP contribution in [0.15, 0.2) is 30.3 Å². The van der Waals surface area contributed by atoms with E-state index >= 15 is 0 Å². The Morgan fingerprint density at radius 3 is 2.65 bits per heavy atom. The van der Waals surface area contributed by atoms with Crippen molar-refractivity contribution in [3.63, 3.8) is 0 Å². The first kappa shape index (κ1) is 14.1. The van der Waals surface area contributed by atoms with Gasteiger partial charge in [0.15, 0.2) is 5.00 Å². The lowest BCUT2D eigenvalue weighted by molar-refractivity contribution is 0.270. The summed E-state index contributed by atoms with van der Waals surface area (Å²) < 4.78 is 14.1. The van der Waals surface area contributed by atoms with E-state index in [1.165, 1.54) is 0 Å². The van der Waals surface area contributed by atoms with Crippen molar-refractivity contribution in [1.82, 2.24) is 0 Å². The van der Waals surface area contributed by atoms with Crippen LogP contribution in [0.4, 0.5) is 4.39 Å². The fraction of sp³-hybridized carbons (Fsp3) is 0.429. The Balaban J connectivity index is 2.56. The molecule has 0 amide bonds. The average molecular weight is 251 g/mol. The molecule has 1 rings (SSSR count). The van der Waals surface area contributed by atoms with Crippen LogP contribution < -0.4 is 5.14 Å². The highest BCUT2D eigenvalue weighted by Gasteiger charge is 2.27. The van der Waals surface area contributed by atoms with Gasteiger partial charge in [-0.2, -0.15) is 0 Å². The van der Waals surface area contributed by atoms with Crippen LogP contribution in [0, 0.1) is 11.8 Å². The van der Waals surface area contributed by atoms with Gasteiger partial charge in [-0.3, -0.25) is 5.14 Å². The summed E-state index contributed by atoms with van der Waals surface area (Å²) in [5.41, 5.74) is 0.910. The van der Waals surface area contributed by atoms with E-state index in [-0.39, 0.29) is 6.42 Å². The van der Waals surface area contributed by atoms with Crippen LogP contribution in [0.1, 0.15) is 38.2 Å². The van der Waals surface area contributed by atoms with E-state index in [9.17, 15) is 4.39 Å². The Kier molecular flexibility index (Phi) is 6.10. The maximum Gasteiger partial charge on any atom is 0.180 e. The Morgan fingerprint density at radius 2 is 2.06 bits per heavy atom. The van der Waals surface area contributed by atoms with Crippen molar-refractivity contribution < 1.29 is 4.39 Å². The van der Waals surface area contributed by atoms with Gasteiger partial charge in [0, 0.05) is 5.56 Å². The average Bonchev–Trinajstić information content (AvgIpc) is 2.38. The third-order valence-corrected chi connectivity index (χ3v) is 3.24. The van der Waals surface area contributed by atoms with Gasteiger partial charge in [-0.15, -0.1) is 0 Å². The molecule has 1 aromatic rings. The molecule has 0 radical (unpaired) electrons. The van der Waals surface area contributed by atoms with Crippen LogP contribution in [-0.2, 0) is 0 Å². The summed E-state index contributed by atoms with van der Waals surface area (Å²) in [5, 5.41) is 4.00. The lowest BCUT2D eigenvalue weighted by Crippen LogP contribution is -2.19. The van der Waals surface area contributed by atoms with Crippen molar-refractivity contribution in [3.8, 4) is 11.8 Å². The molecule has 17 heavy (non-hydrogen) atoms. The molecule has 1 atom stereocenters. The number of hydrogen-bond donors (Lipinski definition) is 1. The SMILES string of the molecule is CCCCC(F)(CC#Cc1ccccc1)SN. The molecule has 0 fully saturated rings. The minimum atomic E-state index is -1.40. The lowest BCUT2D eigenvalue weighted by Gasteiger charge is -2.19. The molecule has 0 heterocycles. The summed E-state index contributed by atoms with van der Waals surface area (Å²) in [6.07, 6.45) is 2.46. The molecule has 0 saturated carbocycles. The van der Waals surface area contributed by atoms with Gasteiger partial charge < -0.3 is 0 Å². The fourth-order valence-corrected chi connectivity index (χ4v) is 1.85. The standard InChI is InChI=1S/C14H18FNS/c1-2-3-11-14(15,17-16)12-7-10-13-8-5-4-6-9-13/h4-6,8-9H,2-3,11-12,16H2,1H3. The molecular formula is C14H18FNS. The number of unbranched alkanes of at least 4 members (excludes halogenated alkanes) is 1. The van der Waals surface area contributed by atoms with Gasteiger partial charge in [0.2, 0.25) is 0 Å². The van der Waals surface area contributed by atoms with Crippen LogP contribution in [0.5, 0.6) is 0 Å². The smallest absolute Gasteiger partial charge is 0.180 e. The van der Waals surface area contributed by atoms with Gasteiger partial charge in [-0.1, -0.05) is 43.4 Å². The summed E-state index contributed by atoms with van der Waals surface area (Å²) >= 11 is 0.778. The number of halogens is 1. The van der Waals surface area contributed by atoms with Gasteiger partial charge in [-0.05, 0) is 36.9 Å². The molecule has 1 unspecified atom stereocenters. The van der Waals surface area contributed by atoms with Gasteiger partial charge in [0.05, 0.1) is 6.42 Å². The summed E-state index contributed by atoms with van der Waals surface area (Å²) in [5.74, 6) is 5.83. The predicted molar refractivity (Wildman–Crippen MR) is 73.1 cm³/mol. The molecule has 2 N–H and O–H groups in total. The van der Waals surface area contributed by atoms with Crippen LogP contribution in [0.25, 0.3) is 0 Å². The first-order valence-corrected chi connectivity index (χ1v) is 6.69. The zero-order valence-electron chi connectivity index (χ0n) is 10.1. The van der Waals surface area contributed by atoms with Crippen molar-refractivity contribution in [1.29, 1.82) is 0 Å². The van der Waals surface area contributed by atoms with Gasteiger partial charge >= 0.3 is 0 Å². The van der Waals surface area contributed by atoms with Crippen LogP contribution in [0.3, 0.4) is 0 Å². The fourth-order valence-electron chi connectivity index (χ4n) is 1.43. The van der Waals surface area contributed by atoms with Gasteiger partial charge in [-0.25, -0.2) is 4.39 Å². The first-order chi connectivity index (χ1) is 8.20. The topological polar surface area (TPSA) is 26.0 Å². The quantitative estimate of drug-likeness (QED) is 0.634. The minimum Gasteiger partial charge on any atom is -0.275 e. The lowest BCUT2D eigenvalue weighted by atomic mass is 10.1. The first-order valence-electron chi connectivity index (χ1n) is 5.81. The summed E-state index contributed by atoms with van der Waals surface area (Å²) in [7, 11) is 0. The predicted octanol–water partition coefficient (Wildman–Crippen LogP) is 3.89. The molecule has 1 aromatic carbocycles. The molecule has 3 heteroatoms. The number of nitrogens with two attached hydrogens (primary N) is 1. The van der Waals surface area contributed by atoms with Crippen molar-refractivity contribution in [2.75, 3.05) is 0 Å². The number of hydrogen-bond acceptors (Lipinski definition) is 2. The molecule has 0 bridgehead atoms. The Morgan fingerprint density at radius 1 is 1.35 bits per heavy atom. The molecule has 0 aliphatic carbocycles. The van der Waals surface area contributed by atoms with Gasteiger partial charge in [0.25, 0.3) is 0 Å². The molecule has 92 valence electrons. The number of benzene rings is 1. The van der Waals surface area contributed by atoms with E-state index < -0.39 is 5.00 Å². The van der Waals surface area contributed by atoms with Gasteiger partial charge in [0.1, 0.15) is 0 Å². The molecule has 0 spiro atoms. The highest BCUT2D eigenvalue weighted by atomic mass is 32.2. The monoisotopic (exact) mass is 251 g/mol. The Bertz CT molecular complexity index is 382. The normalized spacial score (nSPS) is 13.6. The largest absolute Gasteiger partial charge is 0.275 e. The van der Waals surface area contributed by atoms with Crippen LogP contribution in [0.2, 0.25) is 0 Å². The number of alkyl halides is 1. The second-order valence-electron chi connectivity index (χ2n) is 3.95. The molecular weight excluding hydrogens is 233 g/mol. The molecule has 0 aromatic heterocycles. The third-order valence-electron chi connectivity index (χ3n) is 2.47. The second-order valence-corrected chi connectivity index (χ2v) is 4.92. The zero-order chi connectivity index (χ0) is 12.6. The summed E-state index contributed by atoms with van der Waals surface area (Å²) in [6.45, 7) is 2.04. The van der Waals surface area contributed by atoms with E-state index in [2.05, 4.69) is 11.8 Å². The van der Waals surface area contributed by atoms with E-state index in [0.717, 1.165) is 30.4 Å².